The predicted molar refractivity (Wildman–Crippen MR) is 106 cm³/mol. The second-order valence-electron chi connectivity index (χ2n) is 7.70. The van der Waals surface area contributed by atoms with Crippen molar-refractivity contribution >= 4 is 11.8 Å². The van der Waals surface area contributed by atoms with Crippen LogP contribution < -0.4 is 5.32 Å². The van der Waals surface area contributed by atoms with Crippen molar-refractivity contribution in [3.63, 3.8) is 0 Å². The SMILES string of the molecule is CCCCNc1cc([C@H](C)N(CCC)C(=O)OC(C)(C)C)ccc1C. The largest absolute Gasteiger partial charge is 0.444 e. The molecule has 0 radical (unpaired) electrons. The highest BCUT2D eigenvalue weighted by Crippen LogP contribution is 2.27. The first-order chi connectivity index (χ1) is 11.7. The Morgan fingerprint density at radius 1 is 1.24 bits per heavy atom. The summed E-state index contributed by atoms with van der Waals surface area (Å²) in [5.41, 5.74) is 3.02. The zero-order valence-electron chi connectivity index (χ0n) is 17.1. The summed E-state index contributed by atoms with van der Waals surface area (Å²) in [6.07, 6.45) is 2.98. The number of unbranched alkanes of at least 4 members (excludes halogenated alkanes) is 1. The molecule has 0 saturated heterocycles. The van der Waals surface area contributed by atoms with Crippen LogP contribution in [0.25, 0.3) is 0 Å². The molecular weight excluding hydrogens is 312 g/mol. The monoisotopic (exact) mass is 348 g/mol. The molecule has 0 aliphatic carbocycles. The second kappa shape index (κ2) is 9.69. The van der Waals surface area contributed by atoms with Gasteiger partial charge >= 0.3 is 6.09 Å². The number of anilines is 1. The van der Waals surface area contributed by atoms with Crippen molar-refractivity contribution < 1.29 is 9.53 Å². The van der Waals surface area contributed by atoms with E-state index in [-0.39, 0.29) is 12.1 Å². The van der Waals surface area contributed by atoms with Crippen molar-refractivity contribution in [1.29, 1.82) is 0 Å². The third-order valence-electron chi connectivity index (χ3n) is 4.15. The molecular formula is C21H36N2O2. The Hall–Kier alpha value is -1.71. The molecule has 0 heterocycles. The van der Waals surface area contributed by atoms with E-state index in [2.05, 4.69) is 51.2 Å². The molecule has 25 heavy (non-hydrogen) atoms. The lowest BCUT2D eigenvalue weighted by atomic mass is 10.0. The molecule has 0 saturated carbocycles. The minimum absolute atomic E-state index is 0.0258. The van der Waals surface area contributed by atoms with Crippen LogP contribution in [0.1, 0.15) is 78.0 Å². The van der Waals surface area contributed by atoms with Crippen LogP contribution in [0.2, 0.25) is 0 Å². The standard InChI is InChI=1S/C21H36N2O2/c1-8-10-13-22-19-15-18(12-11-16(19)3)17(4)23(14-9-2)20(24)25-21(5,6)7/h11-12,15,17,22H,8-10,13-14H2,1-7H3/t17-/m0/s1. The summed E-state index contributed by atoms with van der Waals surface area (Å²) in [4.78, 5) is 14.4. The van der Waals surface area contributed by atoms with Crippen LogP contribution in [-0.2, 0) is 4.74 Å². The number of nitrogens with zero attached hydrogens (tertiary/aromatic N) is 1. The Bertz CT molecular complexity index is 549. The Kier molecular flexibility index (Phi) is 8.27. The molecule has 1 rings (SSSR count). The van der Waals surface area contributed by atoms with E-state index in [4.69, 9.17) is 4.74 Å². The molecule has 0 unspecified atom stereocenters. The zero-order valence-corrected chi connectivity index (χ0v) is 17.1. The Morgan fingerprint density at radius 3 is 2.48 bits per heavy atom. The molecule has 0 aliphatic rings. The number of amides is 1. The lowest BCUT2D eigenvalue weighted by Crippen LogP contribution is -2.38. The highest BCUT2D eigenvalue weighted by molar-refractivity contribution is 5.69. The van der Waals surface area contributed by atoms with Gasteiger partial charge in [-0.15, -0.1) is 0 Å². The molecule has 0 fully saturated rings. The fourth-order valence-electron chi connectivity index (χ4n) is 2.67. The number of nitrogens with one attached hydrogen (secondary N) is 1. The molecule has 1 aromatic rings. The van der Waals surface area contributed by atoms with Crippen molar-refractivity contribution in [3.8, 4) is 0 Å². The van der Waals surface area contributed by atoms with Crippen LogP contribution in [0.4, 0.5) is 10.5 Å². The van der Waals surface area contributed by atoms with E-state index >= 15 is 0 Å². The summed E-state index contributed by atoms with van der Waals surface area (Å²) in [7, 11) is 0. The summed E-state index contributed by atoms with van der Waals surface area (Å²) in [6, 6.07) is 6.38. The van der Waals surface area contributed by atoms with Gasteiger partial charge in [-0.05, 0) is 64.7 Å². The topological polar surface area (TPSA) is 41.6 Å². The van der Waals surface area contributed by atoms with Gasteiger partial charge in [0, 0.05) is 18.8 Å². The molecule has 142 valence electrons. The van der Waals surface area contributed by atoms with Crippen molar-refractivity contribution in [2.45, 2.75) is 79.4 Å². The van der Waals surface area contributed by atoms with Gasteiger partial charge in [-0.25, -0.2) is 4.79 Å². The number of aryl methyl sites for hydroxylation is 1. The van der Waals surface area contributed by atoms with Crippen LogP contribution in [-0.4, -0.2) is 29.7 Å². The lowest BCUT2D eigenvalue weighted by molar-refractivity contribution is 0.0173. The van der Waals surface area contributed by atoms with Crippen molar-refractivity contribution in [2.24, 2.45) is 0 Å². The Labute approximate surface area is 153 Å². The maximum Gasteiger partial charge on any atom is 0.410 e. The molecule has 0 spiro atoms. The van der Waals surface area contributed by atoms with E-state index < -0.39 is 5.60 Å². The third-order valence-corrected chi connectivity index (χ3v) is 4.15. The van der Waals surface area contributed by atoms with E-state index in [0.717, 1.165) is 30.6 Å². The fraction of sp³-hybridized carbons (Fsp3) is 0.667. The highest BCUT2D eigenvalue weighted by Gasteiger charge is 2.26. The fourth-order valence-corrected chi connectivity index (χ4v) is 2.67. The van der Waals surface area contributed by atoms with Crippen LogP contribution in [0, 0.1) is 6.92 Å². The van der Waals surface area contributed by atoms with Crippen molar-refractivity contribution in [1.82, 2.24) is 4.90 Å². The second-order valence-corrected chi connectivity index (χ2v) is 7.70. The van der Waals surface area contributed by atoms with Gasteiger partial charge in [0.2, 0.25) is 0 Å². The maximum atomic E-state index is 12.6. The predicted octanol–water partition coefficient (Wildman–Crippen LogP) is 5.92. The maximum absolute atomic E-state index is 12.6. The number of benzene rings is 1. The van der Waals surface area contributed by atoms with Crippen LogP contribution in [0.5, 0.6) is 0 Å². The van der Waals surface area contributed by atoms with Gasteiger partial charge < -0.3 is 15.0 Å². The molecule has 1 atom stereocenters. The first-order valence-electron chi connectivity index (χ1n) is 9.53. The molecule has 4 nitrogen and oxygen atoms in total. The minimum atomic E-state index is -0.483. The molecule has 1 N–H and O–H groups in total. The Balaban J connectivity index is 2.98. The van der Waals surface area contributed by atoms with Crippen molar-refractivity contribution in [2.75, 3.05) is 18.4 Å². The zero-order chi connectivity index (χ0) is 19.0. The smallest absolute Gasteiger partial charge is 0.410 e. The van der Waals surface area contributed by atoms with Crippen LogP contribution >= 0.6 is 0 Å². The average molecular weight is 349 g/mol. The number of ether oxygens (including phenoxy) is 1. The molecule has 0 bridgehead atoms. The van der Waals surface area contributed by atoms with Crippen LogP contribution in [0.15, 0.2) is 18.2 Å². The van der Waals surface area contributed by atoms with E-state index in [0.29, 0.717) is 6.54 Å². The molecule has 0 aromatic heterocycles. The number of carbonyl (C=O) groups is 1. The highest BCUT2D eigenvalue weighted by atomic mass is 16.6. The van der Waals surface area contributed by atoms with Crippen LogP contribution in [0.3, 0.4) is 0 Å². The number of hydrogen-bond acceptors (Lipinski definition) is 3. The van der Waals surface area contributed by atoms with E-state index in [1.165, 1.54) is 12.0 Å². The van der Waals surface area contributed by atoms with Gasteiger partial charge in [0.25, 0.3) is 0 Å². The van der Waals surface area contributed by atoms with Gasteiger partial charge in [0.1, 0.15) is 5.60 Å². The van der Waals surface area contributed by atoms with Gasteiger partial charge in [0.15, 0.2) is 0 Å². The van der Waals surface area contributed by atoms with E-state index in [1.54, 1.807) is 0 Å². The summed E-state index contributed by atoms with van der Waals surface area (Å²) in [5, 5.41) is 3.51. The summed E-state index contributed by atoms with van der Waals surface area (Å²) in [6.45, 7) is 15.8. The number of carbonyl (C=O) groups excluding carboxylic acids is 1. The normalized spacial score (nSPS) is 12.6. The minimum Gasteiger partial charge on any atom is -0.444 e. The summed E-state index contributed by atoms with van der Waals surface area (Å²) >= 11 is 0. The van der Waals surface area contributed by atoms with Gasteiger partial charge in [0.05, 0.1) is 6.04 Å². The summed E-state index contributed by atoms with van der Waals surface area (Å²) in [5.74, 6) is 0. The summed E-state index contributed by atoms with van der Waals surface area (Å²) < 4.78 is 5.60. The number of rotatable bonds is 8. The quantitative estimate of drug-likeness (QED) is 0.593. The van der Waals surface area contributed by atoms with E-state index in [1.807, 2.05) is 25.7 Å². The molecule has 1 amide bonds. The molecule has 4 heteroatoms. The lowest BCUT2D eigenvalue weighted by Gasteiger charge is -2.32. The molecule has 0 aliphatic heterocycles. The average Bonchev–Trinajstić information content (AvgIpc) is 2.52. The van der Waals surface area contributed by atoms with Gasteiger partial charge in [-0.2, -0.15) is 0 Å². The van der Waals surface area contributed by atoms with Gasteiger partial charge in [-0.3, -0.25) is 0 Å². The Morgan fingerprint density at radius 2 is 1.92 bits per heavy atom. The third kappa shape index (κ3) is 6.97. The molecule has 1 aromatic carbocycles. The van der Waals surface area contributed by atoms with Gasteiger partial charge in [-0.1, -0.05) is 32.4 Å². The first kappa shape index (κ1) is 21.3. The number of hydrogen-bond donors (Lipinski definition) is 1. The first-order valence-corrected chi connectivity index (χ1v) is 9.53. The van der Waals surface area contributed by atoms with Crippen molar-refractivity contribution in [3.05, 3.63) is 29.3 Å². The van der Waals surface area contributed by atoms with E-state index in [9.17, 15) is 4.79 Å².